The maximum absolute atomic E-state index is 10.3. The minimum absolute atomic E-state index is 0.115. The highest BCUT2D eigenvalue weighted by Gasteiger charge is 2.20. The van der Waals surface area contributed by atoms with E-state index in [0.717, 1.165) is 5.56 Å². The Hall–Kier alpha value is -3.80. The Bertz CT molecular complexity index is 933. The second-order valence-corrected chi connectivity index (χ2v) is 5.63. The van der Waals surface area contributed by atoms with Gasteiger partial charge in [-0.15, -0.1) is 0 Å². The van der Waals surface area contributed by atoms with Crippen molar-refractivity contribution in [2.75, 3.05) is 0 Å². The molecule has 0 amide bonds. The van der Waals surface area contributed by atoms with Crippen molar-refractivity contribution in [1.82, 2.24) is 0 Å². The molecule has 0 heterocycles. The molecule has 0 aliphatic carbocycles. The molecule has 26 heavy (non-hydrogen) atoms. The van der Waals surface area contributed by atoms with Crippen LogP contribution >= 0.6 is 0 Å². The molecule has 0 aliphatic rings. The maximum atomic E-state index is 10.3. The molecule has 6 nitrogen and oxygen atoms in total. The van der Waals surface area contributed by atoms with Crippen LogP contribution in [0.3, 0.4) is 0 Å². The van der Waals surface area contributed by atoms with Gasteiger partial charge in [0.1, 0.15) is 0 Å². The number of hydrogen-bond donors (Lipinski definition) is 6. The summed E-state index contributed by atoms with van der Waals surface area (Å²) in [5, 5.41) is 59.3. The molecule has 0 saturated carbocycles. The van der Waals surface area contributed by atoms with E-state index >= 15 is 0 Å². The number of aromatic hydroxyl groups is 6. The van der Waals surface area contributed by atoms with Gasteiger partial charge in [-0.05, 0) is 41.5 Å². The lowest BCUT2D eigenvalue weighted by molar-refractivity contribution is 0.366. The molecule has 3 aromatic rings. The maximum Gasteiger partial charge on any atom is 0.200 e. The quantitative estimate of drug-likeness (QED) is 0.317. The van der Waals surface area contributed by atoms with Crippen LogP contribution < -0.4 is 0 Å². The Morgan fingerprint density at radius 3 is 1.46 bits per heavy atom. The number of phenolic OH excluding ortho intramolecular Hbond substituents is 6. The minimum Gasteiger partial charge on any atom is -0.504 e. The second-order valence-electron chi connectivity index (χ2n) is 5.63. The van der Waals surface area contributed by atoms with Crippen molar-refractivity contribution in [2.45, 2.75) is 0 Å². The fourth-order valence-electron chi connectivity index (χ4n) is 2.59. The van der Waals surface area contributed by atoms with Crippen molar-refractivity contribution in [3.63, 3.8) is 0 Å². The summed E-state index contributed by atoms with van der Waals surface area (Å²) in [6, 6.07) is 14.1. The Labute approximate surface area is 148 Å². The summed E-state index contributed by atoms with van der Waals surface area (Å²) in [4.78, 5) is 0. The SMILES string of the molecule is Oc1ccc(C(=Cc2ccccc2)c2ccc(O)c(O)c2O)c(O)c1O. The Morgan fingerprint density at radius 2 is 1.00 bits per heavy atom. The van der Waals surface area contributed by atoms with E-state index in [9.17, 15) is 30.6 Å². The first-order chi connectivity index (χ1) is 12.4. The number of hydrogen-bond acceptors (Lipinski definition) is 6. The zero-order chi connectivity index (χ0) is 18.8. The topological polar surface area (TPSA) is 121 Å². The summed E-state index contributed by atoms with van der Waals surface area (Å²) in [5.41, 5.74) is 1.22. The molecule has 0 fully saturated rings. The van der Waals surface area contributed by atoms with Gasteiger partial charge in [-0.1, -0.05) is 30.3 Å². The lowest BCUT2D eigenvalue weighted by Crippen LogP contribution is -1.91. The van der Waals surface area contributed by atoms with E-state index in [2.05, 4.69) is 0 Å². The summed E-state index contributed by atoms with van der Waals surface area (Å²) >= 11 is 0. The third-order valence-corrected chi connectivity index (χ3v) is 3.95. The van der Waals surface area contributed by atoms with Crippen LogP contribution in [0.5, 0.6) is 34.5 Å². The van der Waals surface area contributed by atoms with E-state index in [1.54, 1.807) is 30.3 Å². The average Bonchev–Trinajstić information content (AvgIpc) is 2.64. The van der Waals surface area contributed by atoms with Crippen LogP contribution in [0.4, 0.5) is 0 Å². The van der Waals surface area contributed by atoms with Crippen molar-refractivity contribution < 1.29 is 30.6 Å². The third kappa shape index (κ3) is 2.95. The number of phenols is 6. The van der Waals surface area contributed by atoms with Gasteiger partial charge in [-0.3, -0.25) is 0 Å². The second kappa shape index (κ2) is 6.60. The monoisotopic (exact) mass is 352 g/mol. The lowest BCUT2D eigenvalue weighted by Gasteiger charge is -2.15. The van der Waals surface area contributed by atoms with E-state index in [1.807, 2.05) is 6.07 Å². The first-order valence-corrected chi connectivity index (χ1v) is 7.65. The summed E-state index contributed by atoms with van der Waals surface area (Å²) in [6.07, 6.45) is 1.62. The molecule has 3 rings (SSSR count). The predicted molar refractivity (Wildman–Crippen MR) is 96.3 cm³/mol. The van der Waals surface area contributed by atoms with Crippen molar-refractivity contribution >= 4 is 11.6 Å². The number of benzene rings is 3. The zero-order valence-corrected chi connectivity index (χ0v) is 13.5. The van der Waals surface area contributed by atoms with E-state index in [0.29, 0.717) is 0 Å². The standard InChI is InChI=1S/C20H16O6/c21-15-8-6-12(17(23)19(15)25)14(10-11-4-2-1-3-5-11)13-7-9-16(22)20(26)18(13)24/h1-10,21-26H. The molecule has 0 aliphatic heterocycles. The molecule has 0 radical (unpaired) electrons. The zero-order valence-electron chi connectivity index (χ0n) is 13.5. The Kier molecular flexibility index (Phi) is 4.33. The highest BCUT2D eigenvalue weighted by atomic mass is 16.3. The summed E-state index contributed by atoms with van der Waals surface area (Å²) in [5.74, 6) is -3.57. The van der Waals surface area contributed by atoms with E-state index < -0.39 is 34.5 Å². The molecule has 0 spiro atoms. The largest absolute Gasteiger partial charge is 0.504 e. The van der Waals surface area contributed by atoms with Gasteiger partial charge in [-0.25, -0.2) is 0 Å². The third-order valence-electron chi connectivity index (χ3n) is 3.95. The van der Waals surface area contributed by atoms with Crippen LogP contribution in [0.25, 0.3) is 11.6 Å². The van der Waals surface area contributed by atoms with Gasteiger partial charge in [0.15, 0.2) is 23.0 Å². The molecular weight excluding hydrogens is 336 g/mol. The van der Waals surface area contributed by atoms with Crippen LogP contribution in [0.2, 0.25) is 0 Å². The number of rotatable bonds is 3. The van der Waals surface area contributed by atoms with Crippen LogP contribution in [0.15, 0.2) is 54.6 Å². The molecule has 0 aromatic heterocycles. The highest BCUT2D eigenvalue weighted by Crippen LogP contribution is 2.47. The first-order valence-electron chi connectivity index (χ1n) is 7.65. The summed E-state index contributed by atoms with van der Waals surface area (Å²) in [6.45, 7) is 0. The van der Waals surface area contributed by atoms with Gasteiger partial charge in [0.25, 0.3) is 0 Å². The lowest BCUT2D eigenvalue weighted by atomic mass is 9.93. The summed E-state index contributed by atoms with van der Waals surface area (Å²) in [7, 11) is 0. The van der Waals surface area contributed by atoms with E-state index in [1.165, 1.54) is 24.3 Å². The van der Waals surface area contributed by atoms with E-state index in [-0.39, 0.29) is 16.7 Å². The molecule has 6 heteroatoms. The van der Waals surface area contributed by atoms with Gasteiger partial charge in [0.05, 0.1) is 0 Å². The first kappa shape index (κ1) is 17.0. The fraction of sp³-hybridized carbons (Fsp3) is 0. The van der Waals surface area contributed by atoms with Crippen LogP contribution in [-0.4, -0.2) is 30.6 Å². The molecular formula is C20H16O6. The van der Waals surface area contributed by atoms with Gasteiger partial charge < -0.3 is 30.6 Å². The fourth-order valence-corrected chi connectivity index (χ4v) is 2.59. The van der Waals surface area contributed by atoms with Crippen molar-refractivity contribution in [3.8, 4) is 34.5 Å². The molecule has 6 N–H and O–H groups in total. The average molecular weight is 352 g/mol. The normalized spacial score (nSPS) is 10.5. The summed E-state index contributed by atoms with van der Waals surface area (Å²) < 4.78 is 0. The predicted octanol–water partition coefficient (Wildman–Crippen LogP) is 3.51. The van der Waals surface area contributed by atoms with Crippen molar-refractivity contribution in [2.24, 2.45) is 0 Å². The molecule has 0 saturated heterocycles. The molecule has 0 unspecified atom stereocenters. The minimum atomic E-state index is -0.705. The molecule has 0 bridgehead atoms. The van der Waals surface area contributed by atoms with Gasteiger partial charge in [0.2, 0.25) is 11.5 Å². The molecule has 0 atom stereocenters. The van der Waals surface area contributed by atoms with E-state index in [4.69, 9.17) is 0 Å². The molecule has 3 aromatic carbocycles. The Morgan fingerprint density at radius 1 is 0.538 bits per heavy atom. The van der Waals surface area contributed by atoms with Crippen LogP contribution in [0.1, 0.15) is 16.7 Å². The van der Waals surface area contributed by atoms with Crippen LogP contribution in [-0.2, 0) is 0 Å². The smallest absolute Gasteiger partial charge is 0.200 e. The van der Waals surface area contributed by atoms with Gasteiger partial charge in [0, 0.05) is 11.1 Å². The highest BCUT2D eigenvalue weighted by molar-refractivity contribution is 5.96. The van der Waals surface area contributed by atoms with Gasteiger partial charge in [-0.2, -0.15) is 0 Å². The molecule has 132 valence electrons. The van der Waals surface area contributed by atoms with Gasteiger partial charge >= 0.3 is 0 Å². The van der Waals surface area contributed by atoms with Crippen molar-refractivity contribution in [3.05, 3.63) is 71.3 Å². The van der Waals surface area contributed by atoms with Crippen molar-refractivity contribution in [1.29, 1.82) is 0 Å². The Balaban J connectivity index is 2.30. The van der Waals surface area contributed by atoms with Crippen LogP contribution in [0, 0.1) is 0 Å².